The summed E-state index contributed by atoms with van der Waals surface area (Å²) in [6, 6.07) is 0. The lowest BCUT2D eigenvalue weighted by Crippen LogP contribution is -2.40. The fourth-order valence-corrected chi connectivity index (χ4v) is 4.96. The number of hydrogen-bond acceptors (Lipinski definition) is 2. The summed E-state index contributed by atoms with van der Waals surface area (Å²) in [4.78, 5) is 12.9. The molecule has 1 spiro atoms. The van der Waals surface area contributed by atoms with Crippen molar-refractivity contribution >= 4 is 5.78 Å². The van der Waals surface area contributed by atoms with E-state index in [1.807, 2.05) is 13.8 Å². The molecule has 3 aliphatic rings. The van der Waals surface area contributed by atoms with E-state index in [1.165, 1.54) is 18.4 Å². The van der Waals surface area contributed by atoms with E-state index in [1.54, 1.807) is 0 Å². The Labute approximate surface area is 110 Å². The number of hydrogen-bond donors (Lipinski definition) is 0. The molecule has 1 unspecified atom stereocenters. The minimum Gasteiger partial charge on any atom is -0.368 e. The highest BCUT2D eigenvalue weighted by atomic mass is 16.5. The lowest BCUT2D eigenvalue weighted by Gasteiger charge is -2.33. The molecule has 2 nitrogen and oxygen atoms in total. The Morgan fingerprint density at radius 3 is 2.78 bits per heavy atom. The number of ether oxygens (including phenoxy) is 1. The number of rotatable bonds is 2. The van der Waals surface area contributed by atoms with Crippen LogP contribution in [0.5, 0.6) is 0 Å². The third-order valence-corrected chi connectivity index (χ3v) is 5.53. The third kappa shape index (κ3) is 1.36. The molecule has 3 aliphatic carbocycles. The first kappa shape index (κ1) is 12.4. The lowest BCUT2D eigenvalue weighted by atomic mass is 9.68. The SMILES string of the molecule is CC1=C[C@@H]2CC(OC(C)C)C(=O)[C@@]23[C@H](C)CC[C@@H]13. The van der Waals surface area contributed by atoms with Crippen molar-refractivity contribution in [3.63, 3.8) is 0 Å². The number of Topliss-reactive ketones (excluding diaryl/α,β-unsaturated/α-hetero) is 1. The van der Waals surface area contributed by atoms with Crippen LogP contribution in [0.15, 0.2) is 11.6 Å². The van der Waals surface area contributed by atoms with Crippen LogP contribution in [-0.4, -0.2) is 18.0 Å². The summed E-state index contributed by atoms with van der Waals surface area (Å²) < 4.78 is 5.87. The molecule has 2 saturated carbocycles. The van der Waals surface area contributed by atoms with E-state index < -0.39 is 0 Å². The van der Waals surface area contributed by atoms with E-state index in [0.717, 1.165) is 6.42 Å². The minimum atomic E-state index is -0.151. The van der Waals surface area contributed by atoms with E-state index in [2.05, 4.69) is 19.9 Å². The molecular weight excluding hydrogens is 224 g/mol. The molecule has 5 atom stereocenters. The van der Waals surface area contributed by atoms with Gasteiger partial charge in [0.05, 0.1) is 6.10 Å². The molecule has 2 heteroatoms. The Hall–Kier alpha value is -0.630. The number of carbonyl (C=O) groups is 1. The average Bonchev–Trinajstić information content (AvgIpc) is 2.84. The quantitative estimate of drug-likeness (QED) is 0.700. The first-order chi connectivity index (χ1) is 8.47. The molecule has 0 heterocycles. The molecule has 0 radical (unpaired) electrons. The van der Waals surface area contributed by atoms with Gasteiger partial charge in [-0.2, -0.15) is 0 Å². The van der Waals surface area contributed by atoms with Gasteiger partial charge in [0.2, 0.25) is 0 Å². The van der Waals surface area contributed by atoms with Crippen molar-refractivity contribution < 1.29 is 9.53 Å². The second kappa shape index (κ2) is 3.93. The first-order valence-electron chi connectivity index (χ1n) is 7.36. The molecular formula is C16H24O2. The van der Waals surface area contributed by atoms with Crippen molar-refractivity contribution in [3.8, 4) is 0 Å². The predicted octanol–water partition coefficient (Wildman–Crippen LogP) is 3.36. The van der Waals surface area contributed by atoms with Gasteiger partial charge in [0.15, 0.2) is 5.78 Å². The molecule has 2 fully saturated rings. The molecule has 0 aromatic heterocycles. The summed E-state index contributed by atoms with van der Waals surface area (Å²) in [6.07, 6.45) is 5.68. The van der Waals surface area contributed by atoms with Crippen LogP contribution in [0.4, 0.5) is 0 Å². The maximum atomic E-state index is 12.9. The van der Waals surface area contributed by atoms with Crippen molar-refractivity contribution in [2.45, 2.75) is 59.2 Å². The smallest absolute Gasteiger partial charge is 0.169 e. The van der Waals surface area contributed by atoms with Crippen LogP contribution in [0.2, 0.25) is 0 Å². The van der Waals surface area contributed by atoms with Crippen LogP contribution in [0, 0.1) is 23.2 Å². The molecule has 0 aromatic rings. The highest BCUT2D eigenvalue weighted by Crippen LogP contribution is 2.65. The lowest BCUT2D eigenvalue weighted by molar-refractivity contribution is -0.140. The average molecular weight is 248 g/mol. The Kier molecular flexibility index (Phi) is 2.71. The molecule has 3 rings (SSSR count). The summed E-state index contributed by atoms with van der Waals surface area (Å²) in [6.45, 7) is 8.54. The fourth-order valence-electron chi connectivity index (χ4n) is 4.96. The molecule has 0 aliphatic heterocycles. The van der Waals surface area contributed by atoms with Crippen LogP contribution in [-0.2, 0) is 9.53 Å². The van der Waals surface area contributed by atoms with Crippen LogP contribution in [0.1, 0.15) is 47.0 Å². The van der Waals surface area contributed by atoms with E-state index in [0.29, 0.717) is 23.5 Å². The summed E-state index contributed by atoms with van der Waals surface area (Å²) in [5.41, 5.74) is 1.37. The zero-order valence-electron chi connectivity index (χ0n) is 11.9. The van der Waals surface area contributed by atoms with E-state index in [-0.39, 0.29) is 17.6 Å². The topological polar surface area (TPSA) is 26.3 Å². The van der Waals surface area contributed by atoms with Gasteiger partial charge in [-0.1, -0.05) is 18.6 Å². The van der Waals surface area contributed by atoms with E-state index in [4.69, 9.17) is 4.74 Å². The highest BCUT2D eigenvalue weighted by molar-refractivity contribution is 5.94. The normalized spacial score (nSPS) is 46.5. The van der Waals surface area contributed by atoms with E-state index >= 15 is 0 Å². The number of carbonyl (C=O) groups excluding carboxylic acids is 1. The summed E-state index contributed by atoms with van der Waals surface area (Å²) >= 11 is 0. The minimum absolute atomic E-state index is 0.0936. The van der Waals surface area contributed by atoms with Crippen LogP contribution >= 0.6 is 0 Å². The Morgan fingerprint density at radius 2 is 2.11 bits per heavy atom. The standard InChI is InChI=1S/C16H24O2/c1-9(2)18-14-8-12-7-10(3)13-6-5-11(4)16(12,13)15(14)17/h7,9,11-14H,5-6,8H2,1-4H3/t11-,12-,13+,14?,16+/m1/s1. The van der Waals surface area contributed by atoms with Gasteiger partial charge in [0.25, 0.3) is 0 Å². The Balaban J connectivity index is 1.96. The Bertz CT molecular complexity index is 409. The number of allylic oxidation sites excluding steroid dienone is 2. The van der Waals surface area contributed by atoms with Gasteiger partial charge in [-0.05, 0) is 57.8 Å². The molecule has 0 aromatic carbocycles. The molecule has 100 valence electrons. The van der Waals surface area contributed by atoms with Crippen molar-refractivity contribution in [3.05, 3.63) is 11.6 Å². The van der Waals surface area contributed by atoms with Gasteiger partial charge in [-0.25, -0.2) is 0 Å². The van der Waals surface area contributed by atoms with Crippen molar-refractivity contribution in [1.29, 1.82) is 0 Å². The summed E-state index contributed by atoms with van der Waals surface area (Å²) in [5, 5.41) is 0. The molecule has 0 saturated heterocycles. The monoisotopic (exact) mass is 248 g/mol. The molecule has 0 amide bonds. The molecule has 0 N–H and O–H groups in total. The summed E-state index contributed by atoms with van der Waals surface area (Å²) in [7, 11) is 0. The third-order valence-electron chi connectivity index (χ3n) is 5.53. The second-order valence-electron chi connectivity index (χ2n) is 6.75. The van der Waals surface area contributed by atoms with Crippen LogP contribution in [0.3, 0.4) is 0 Å². The van der Waals surface area contributed by atoms with Crippen molar-refractivity contribution in [2.75, 3.05) is 0 Å². The van der Waals surface area contributed by atoms with Crippen molar-refractivity contribution in [2.24, 2.45) is 23.2 Å². The predicted molar refractivity (Wildman–Crippen MR) is 71.2 cm³/mol. The summed E-state index contributed by atoms with van der Waals surface area (Å²) in [5.74, 6) is 1.88. The maximum absolute atomic E-state index is 12.9. The molecule has 0 bridgehead atoms. The van der Waals surface area contributed by atoms with Gasteiger partial charge in [0, 0.05) is 5.41 Å². The first-order valence-corrected chi connectivity index (χ1v) is 7.36. The second-order valence-corrected chi connectivity index (χ2v) is 6.75. The van der Waals surface area contributed by atoms with Gasteiger partial charge in [0.1, 0.15) is 6.10 Å². The highest BCUT2D eigenvalue weighted by Gasteiger charge is 2.65. The van der Waals surface area contributed by atoms with Gasteiger partial charge < -0.3 is 4.74 Å². The zero-order chi connectivity index (χ0) is 13.1. The number of ketones is 1. The molecule has 18 heavy (non-hydrogen) atoms. The maximum Gasteiger partial charge on any atom is 0.169 e. The van der Waals surface area contributed by atoms with Crippen LogP contribution in [0.25, 0.3) is 0 Å². The van der Waals surface area contributed by atoms with E-state index in [9.17, 15) is 4.79 Å². The van der Waals surface area contributed by atoms with Crippen molar-refractivity contribution in [1.82, 2.24) is 0 Å². The van der Waals surface area contributed by atoms with Gasteiger partial charge in [-0.3, -0.25) is 4.79 Å². The zero-order valence-corrected chi connectivity index (χ0v) is 11.9. The van der Waals surface area contributed by atoms with Gasteiger partial charge >= 0.3 is 0 Å². The van der Waals surface area contributed by atoms with Gasteiger partial charge in [-0.15, -0.1) is 0 Å². The Morgan fingerprint density at radius 1 is 1.39 bits per heavy atom. The fraction of sp³-hybridized carbons (Fsp3) is 0.812. The van der Waals surface area contributed by atoms with Crippen LogP contribution < -0.4 is 0 Å². The largest absolute Gasteiger partial charge is 0.368 e.